The molecule has 2 N–H and O–H groups in total. The number of hydrogen-bond acceptors (Lipinski definition) is 3. The molecular weight excluding hydrogens is 456 g/mol. The first-order valence-corrected chi connectivity index (χ1v) is 10.9. The van der Waals surface area contributed by atoms with E-state index in [1.807, 2.05) is 0 Å². The highest BCUT2D eigenvalue weighted by atomic mass is 79.9. The van der Waals surface area contributed by atoms with E-state index in [1.54, 1.807) is 49.4 Å². The Labute approximate surface area is 184 Å². The predicted octanol–water partition coefficient (Wildman–Crippen LogP) is 5.57. The van der Waals surface area contributed by atoms with E-state index in [0.717, 1.165) is 25.7 Å². The number of rotatable bonds is 6. The van der Waals surface area contributed by atoms with Gasteiger partial charge in [0, 0.05) is 22.3 Å². The van der Waals surface area contributed by atoms with Gasteiger partial charge in [-0.2, -0.15) is 0 Å². The van der Waals surface area contributed by atoms with Gasteiger partial charge in [-0.05, 0) is 72.1 Å². The van der Waals surface area contributed by atoms with Crippen LogP contribution in [0, 0.1) is 0 Å². The molecular formula is C22H24BrClN2O3. The first kappa shape index (κ1) is 21.7. The summed E-state index contributed by atoms with van der Waals surface area (Å²) in [6, 6.07) is 12.3. The summed E-state index contributed by atoms with van der Waals surface area (Å²) in [5.74, 6) is 0.108. The topological polar surface area (TPSA) is 67.4 Å². The summed E-state index contributed by atoms with van der Waals surface area (Å²) >= 11 is 9.30. The molecule has 1 aliphatic rings. The van der Waals surface area contributed by atoms with Crippen molar-refractivity contribution in [1.29, 1.82) is 0 Å². The average Bonchev–Trinajstić information content (AvgIpc) is 2.71. The monoisotopic (exact) mass is 478 g/mol. The zero-order chi connectivity index (χ0) is 20.8. The number of ether oxygens (including phenoxy) is 1. The standard InChI is InChI=1S/C22H24BrClN2O3/c1-14(29-20-11-10-16(24)13-19(20)23)21(27)26-18-9-5-6-15(12-18)22(28)25-17-7-3-2-4-8-17/h5-6,9-14,17H,2-4,7-8H2,1H3,(H,25,28)(H,26,27). The van der Waals surface area contributed by atoms with Crippen molar-refractivity contribution < 1.29 is 14.3 Å². The molecule has 154 valence electrons. The Morgan fingerprint density at radius 3 is 2.62 bits per heavy atom. The fourth-order valence-electron chi connectivity index (χ4n) is 3.31. The lowest BCUT2D eigenvalue weighted by atomic mass is 9.95. The van der Waals surface area contributed by atoms with Crippen LogP contribution in [-0.4, -0.2) is 24.0 Å². The normalized spacial score (nSPS) is 15.4. The molecule has 5 nitrogen and oxygen atoms in total. The second kappa shape index (κ2) is 10.1. The molecule has 7 heteroatoms. The summed E-state index contributed by atoms with van der Waals surface area (Å²) in [5.41, 5.74) is 1.08. The third-order valence-corrected chi connectivity index (χ3v) is 5.75. The van der Waals surface area contributed by atoms with Gasteiger partial charge in [-0.15, -0.1) is 0 Å². The summed E-state index contributed by atoms with van der Waals surface area (Å²) in [7, 11) is 0. The maximum Gasteiger partial charge on any atom is 0.265 e. The van der Waals surface area contributed by atoms with Crippen molar-refractivity contribution in [2.45, 2.75) is 51.2 Å². The van der Waals surface area contributed by atoms with Gasteiger partial charge in [0.1, 0.15) is 5.75 Å². The number of amides is 2. The lowest BCUT2D eigenvalue weighted by Crippen LogP contribution is -2.36. The van der Waals surface area contributed by atoms with E-state index in [2.05, 4.69) is 26.6 Å². The Hall–Kier alpha value is -2.05. The third-order valence-electron chi connectivity index (χ3n) is 4.90. The van der Waals surface area contributed by atoms with Gasteiger partial charge in [0.05, 0.1) is 4.47 Å². The Morgan fingerprint density at radius 2 is 1.90 bits per heavy atom. The molecule has 0 aliphatic heterocycles. The van der Waals surface area contributed by atoms with Crippen molar-refractivity contribution in [2.75, 3.05) is 5.32 Å². The van der Waals surface area contributed by atoms with Gasteiger partial charge in [-0.3, -0.25) is 9.59 Å². The lowest BCUT2D eigenvalue weighted by Gasteiger charge is -2.22. The molecule has 2 aromatic rings. The molecule has 0 bridgehead atoms. The third kappa shape index (κ3) is 6.21. The van der Waals surface area contributed by atoms with Crippen molar-refractivity contribution in [3.8, 4) is 5.75 Å². The smallest absolute Gasteiger partial charge is 0.265 e. The fourth-order valence-corrected chi connectivity index (χ4v) is 4.09. The van der Waals surface area contributed by atoms with E-state index in [4.69, 9.17) is 16.3 Å². The zero-order valence-electron chi connectivity index (χ0n) is 16.2. The van der Waals surface area contributed by atoms with E-state index in [9.17, 15) is 9.59 Å². The predicted molar refractivity (Wildman–Crippen MR) is 119 cm³/mol. The van der Waals surface area contributed by atoms with Crippen LogP contribution in [0.4, 0.5) is 5.69 Å². The molecule has 1 saturated carbocycles. The van der Waals surface area contributed by atoms with Crippen LogP contribution in [0.15, 0.2) is 46.9 Å². The minimum atomic E-state index is -0.729. The minimum absolute atomic E-state index is 0.109. The number of carbonyl (C=O) groups is 2. The van der Waals surface area contributed by atoms with E-state index in [-0.39, 0.29) is 17.9 Å². The number of hydrogen-bond donors (Lipinski definition) is 2. The van der Waals surface area contributed by atoms with Crippen molar-refractivity contribution in [1.82, 2.24) is 5.32 Å². The van der Waals surface area contributed by atoms with Gasteiger partial charge in [0.2, 0.25) is 0 Å². The van der Waals surface area contributed by atoms with Crippen molar-refractivity contribution in [2.24, 2.45) is 0 Å². The SMILES string of the molecule is CC(Oc1ccc(Cl)cc1Br)C(=O)Nc1cccc(C(=O)NC2CCCCC2)c1. The van der Waals surface area contributed by atoms with E-state index in [1.165, 1.54) is 6.42 Å². The number of benzene rings is 2. The molecule has 1 atom stereocenters. The van der Waals surface area contributed by atoms with Crippen molar-refractivity contribution in [3.05, 3.63) is 57.5 Å². The van der Waals surface area contributed by atoms with Gasteiger partial charge >= 0.3 is 0 Å². The molecule has 0 radical (unpaired) electrons. The highest BCUT2D eigenvalue weighted by Crippen LogP contribution is 2.29. The zero-order valence-corrected chi connectivity index (χ0v) is 18.6. The summed E-state index contributed by atoms with van der Waals surface area (Å²) < 4.78 is 6.39. The van der Waals surface area contributed by atoms with E-state index < -0.39 is 6.10 Å². The largest absolute Gasteiger partial charge is 0.480 e. The maximum atomic E-state index is 12.5. The van der Waals surface area contributed by atoms with Crippen LogP contribution in [0.25, 0.3) is 0 Å². The molecule has 0 spiro atoms. The second-order valence-electron chi connectivity index (χ2n) is 7.21. The van der Waals surface area contributed by atoms with Crippen LogP contribution in [0.2, 0.25) is 5.02 Å². The Balaban J connectivity index is 1.59. The molecule has 1 aliphatic carbocycles. The van der Waals surface area contributed by atoms with Gasteiger partial charge in [-0.25, -0.2) is 0 Å². The molecule has 29 heavy (non-hydrogen) atoms. The second-order valence-corrected chi connectivity index (χ2v) is 8.50. The van der Waals surface area contributed by atoms with Crippen LogP contribution in [0.1, 0.15) is 49.4 Å². The molecule has 1 fully saturated rings. The van der Waals surface area contributed by atoms with Gasteiger partial charge < -0.3 is 15.4 Å². The summed E-state index contributed by atoms with van der Waals surface area (Å²) in [4.78, 5) is 25.0. The Morgan fingerprint density at radius 1 is 1.14 bits per heavy atom. The van der Waals surface area contributed by atoms with Crippen LogP contribution >= 0.6 is 27.5 Å². The summed E-state index contributed by atoms with van der Waals surface area (Å²) in [6.07, 6.45) is 4.87. The number of carbonyl (C=O) groups excluding carboxylic acids is 2. The molecule has 3 rings (SSSR count). The van der Waals surface area contributed by atoms with Gasteiger partial charge in [0.25, 0.3) is 11.8 Å². The molecule has 0 aromatic heterocycles. The first-order valence-electron chi connectivity index (χ1n) is 9.76. The van der Waals surface area contributed by atoms with Crippen LogP contribution < -0.4 is 15.4 Å². The first-order chi connectivity index (χ1) is 13.9. The fraction of sp³-hybridized carbons (Fsp3) is 0.364. The Kier molecular flexibility index (Phi) is 7.56. The van der Waals surface area contributed by atoms with Crippen LogP contribution in [-0.2, 0) is 4.79 Å². The molecule has 2 aromatic carbocycles. The van der Waals surface area contributed by atoms with Gasteiger partial charge in [0.15, 0.2) is 6.10 Å². The highest BCUT2D eigenvalue weighted by molar-refractivity contribution is 9.10. The van der Waals surface area contributed by atoms with Crippen LogP contribution in [0.5, 0.6) is 5.75 Å². The van der Waals surface area contributed by atoms with E-state index >= 15 is 0 Å². The summed E-state index contributed by atoms with van der Waals surface area (Å²) in [6.45, 7) is 1.66. The number of nitrogens with one attached hydrogen (secondary N) is 2. The quantitative estimate of drug-likeness (QED) is 0.569. The summed E-state index contributed by atoms with van der Waals surface area (Å²) in [5, 5.41) is 6.47. The maximum absolute atomic E-state index is 12.5. The molecule has 0 saturated heterocycles. The minimum Gasteiger partial charge on any atom is -0.480 e. The highest BCUT2D eigenvalue weighted by Gasteiger charge is 2.19. The molecule has 2 amide bonds. The number of halogens is 2. The molecule has 1 unspecified atom stereocenters. The van der Waals surface area contributed by atoms with E-state index in [0.29, 0.717) is 26.5 Å². The average molecular weight is 480 g/mol. The van der Waals surface area contributed by atoms with Crippen LogP contribution in [0.3, 0.4) is 0 Å². The van der Waals surface area contributed by atoms with Gasteiger partial charge in [-0.1, -0.05) is 36.9 Å². The van der Waals surface area contributed by atoms with Crippen molar-refractivity contribution >= 4 is 45.0 Å². The molecule has 0 heterocycles. The van der Waals surface area contributed by atoms with Crippen molar-refractivity contribution in [3.63, 3.8) is 0 Å². The number of anilines is 1. The Bertz CT molecular complexity index is 884. The lowest BCUT2D eigenvalue weighted by molar-refractivity contribution is -0.122.